The van der Waals surface area contributed by atoms with Crippen LogP contribution in [0.4, 0.5) is 0 Å². The summed E-state index contributed by atoms with van der Waals surface area (Å²) in [7, 11) is 0. The summed E-state index contributed by atoms with van der Waals surface area (Å²) in [6, 6.07) is 17.7. The highest BCUT2D eigenvalue weighted by Crippen LogP contribution is 2.20. The second-order valence-electron chi connectivity index (χ2n) is 8.25. The van der Waals surface area contributed by atoms with Crippen molar-refractivity contribution in [3.63, 3.8) is 0 Å². The van der Waals surface area contributed by atoms with E-state index in [2.05, 4.69) is 74.3 Å². The largest absolute Gasteiger partial charge is 0.357 e. The number of aryl methyl sites for hydroxylation is 1. The van der Waals surface area contributed by atoms with E-state index in [9.17, 15) is 0 Å². The third-order valence-electron chi connectivity index (χ3n) is 5.83. The maximum absolute atomic E-state index is 4.81. The van der Waals surface area contributed by atoms with Crippen LogP contribution < -0.4 is 10.6 Å². The molecule has 2 atom stereocenters. The molecule has 1 saturated heterocycles. The number of fused-ring (bicyclic) bond motifs is 1. The number of pyridine rings is 1. The molecule has 1 aliphatic heterocycles. The Hall–Kier alpha value is -2.20. The second-order valence-corrected chi connectivity index (χ2v) is 8.25. The minimum atomic E-state index is 0. The molecule has 7 nitrogen and oxygen atoms in total. The van der Waals surface area contributed by atoms with E-state index in [-0.39, 0.29) is 24.0 Å². The van der Waals surface area contributed by atoms with E-state index in [1.165, 1.54) is 5.56 Å². The summed E-state index contributed by atoms with van der Waals surface area (Å²) >= 11 is 0. The quantitative estimate of drug-likeness (QED) is 0.196. The number of guanidine groups is 1. The highest BCUT2D eigenvalue weighted by atomic mass is 127. The van der Waals surface area contributed by atoms with Crippen LogP contribution in [0.5, 0.6) is 0 Å². The monoisotopic (exact) mass is 547 g/mol. The number of aliphatic imine (C=N–C) groups is 1. The van der Waals surface area contributed by atoms with Crippen molar-refractivity contribution in [1.29, 1.82) is 0 Å². The summed E-state index contributed by atoms with van der Waals surface area (Å²) in [5.74, 6) is 1.90. The zero-order valence-electron chi connectivity index (χ0n) is 18.9. The molecular weight excluding hydrogens is 513 g/mol. The molecule has 0 saturated carbocycles. The van der Waals surface area contributed by atoms with E-state index >= 15 is 0 Å². The zero-order valence-corrected chi connectivity index (χ0v) is 21.3. The van der Waals surface area contributed by atoms with Crippen LogP contribution in [-0.2, 0) is 13.0 Å². The van der Waals surface area contributed by atoms with Crippen molar-refractivity contribution in [2.45, 2.75) is 51.7 Å². The molecule has 2 unspecified atom stereocenters. The van der Waals surface area contributed by atoms with Gasteiger partial charge in [-0.05, 0) is 44.4 Å². The number of halogens is 1. The molecule has 2 N–H and O–H groups in total. The lowest BCUT2D eigenvalue weighted by molar-refractivity contribution is 0.258. The molecule has 0 spiro atoms. The van der Waals surface area contributed by atoms with E-state index < -0.39 is 0 Å². The van der Waals surface area contributed by atoms with Gasteiger partial charge in [0.1, 0.15) is 5.82 Å². The molecule has 8 heteroatoms. The van der Waals surface area contributed by atoms with Crippen LogP contribution >= 0.6 is 24.0 Å². The third-order valence-corrected chi connectivity index (χ3v) is 5.83. The fourth-order valence-electron chi connectivity index (χ4n) is 4.24. The predicted molar refractivity (Wildman–Crippen MR) is 141 cm³/mol. The molecule has 3 aromatic rings. The molecule has 32 heavy (non-hydrogen) atoms. The molecule has 1 aliphatic rings. The fourth-order valence-corrected chi connectivity index (χ4v) is 4.24. The average molecular weight is 547 g/mol. The minimum absolute atomic E-state index is 0. The standard InChI is InChI=1S/C24H33N7.HI/c1-3-25-24(26-14-9-13-23-29-28-22-12-7-8-15-31(22)23)27-21-16-19(2)30(18-21)17-20-10-5-4-6-11-20;/h4-8,10-12,15,19,21H,3,9,13-14,16-18H2,1-2H3,(H2,25,26,27);1H. The van der Waals surface area contributed by atoms with Gasteiger partial charge in [0.2, 0.25) is 0 Å². The van der Waals surface area contributed by atoms with Crippen LogP contribution in [-0.4, -0.2) is 57.2 Å². The van der Waals surface area contributed by atoms with E-state index in [1.807, 2.05) is 24.4 Å². The summed E-state index contributed by atoms with van der Waals surface area (Å²) in [6.07, 6.45) is 4.94. The number of nitrogens with one attached hydrogen (secondary N) is 2. The molecule has 2 aromatic heterocycles. The molecule has 0 bridgehead atoms. The van der Waals surface area contributed by atoms with Gasteiger partial charge in [0.05, 0.1) is 0 Å². The normalized spacial score (nSPS) is 19.1. The molecule has 1 aromatic carbocycles. The number of benzene rings is 1. The summed E-state index contributed by atoms with van der Waals surface area (Å²) in [4.78, 5) is 7.36. The Morgan fingerprint density at radius 2 is 1.94 bits per heavy atom. The second kappa shape index (κ2) is 12.2. The van der Waals surface area contributed by atoms with Gasteiger partial charge in [0.25, 0.3) is 0 Å². The maximum atomic E-state index is 4.81. The van der Waals surface area contributed by atoms with Crippen LogP contribution in [0.3, 0.4) is 0 Å². The first kappa shape index (κ1) is 24.4. The van der Waals surface area contributed by atoms with Crippen molar-refractivity contribution >= 4 is 35.6 Å². The molecule has 0 aliphatic carbocycles. The van der Waals surface area contributed by atoms with Crippen LogP contribution in [0, 0.1) is 0 Å². The van der Waals surface area contributed by atoms with Crippen LogP contribution in [0.1, 0.15) is 38.1 Å². The SMILES string of the molecule is CCNC(=NCCCc1nnc2ccccn12)NC1CC(C)N(Cc2ccccc2)C1.I. The molecule has 1 fully saturated rings. The predicted octanol–water partition coefficient (Wildman–Crippen LogP) is 3.50. The number of hydrogen-bond donors (Lipinski definition) is 2. The molecule has 172 valence electrons. The first-order valence-corrected chi connectivity index (χ1v) is 11.3. The van der Waals surface area contributed by atoms with Gasteiger partial charge in [-0.1, -0.05) is 36.4 Å². The molecular formula is C24H34IN7. The zero-order chi connectivity index (χ0) is 21.5. The van der Waals surface area contributed by atoms with Gasteiger partial charge < -0.3 is 10.6 Å². The Bertz CT molecular complexity index is 988. The van der Waals surface area contributed by atoms with Crippen LogP contribution in [0.25, 0.3) is 5.65 Å². The summed E-state index contributed by atoms with van der Waals surface area (Å²) < 4.78 is 2.05. The van der Waals surface area contributed by atoms with Crippen molar-refractivity contribution < 1.29 is 0 Å². The Labute approximate surface area is 207 Å². The van der Waals surface area contributed by atoms with Crippen molar-refractivity contribution in [2.24, 2.45) is 4.99 Å². The highest BCUT2D eigenvalue weighted by Gasteiger charge is 2.29. The van der Waals surface area contributed by atoms with Crippen molar-refractivity contribution in [1.82, 2.24) is 30.1 Å². The van der Waals surface area contributed by atoms with Gasteiger partial charge in [-0.3, -0.25) is 14.3 Å². The van der Waals surface area contributed by atoms with Crippen molar-refractivity contribution in [3.8, 4) is 0 Å². The fraction of sp³-hybridized carbons (Fsp3) is 0.458. The van der Waals surface area contributed by atoms with Gasteiger partial charge >= 0.3 is 0 Å². The molecule has 4 rings (SSSR count). The highest BCUT2D eigenvalue weighted by molar-refractivity contribution is 14.0. The average Bonchev–Trinajstić information content (AvgIpc) is 3.35. The van der Waals surface area contributed by atoms with Gasteiger partial charge in [-0.25, -0.2) is 0 Å². The number of rotatable bonds is 8. The topological polar surface area (TPSA) is 69.8 Å². The lowest BCUT2D eigenvalue weighted by atomic mass is 10.2. The number of aromatic nitrogens is 3. The Morgan fingerprint density at radius 1 is 1.12 bits per heavy atom. The van der Waals surface area contributed by atoms with E-state index in [0.29, 0.717) is 12.1 Å². The third kappa shape index (κ3) is 6.41. The lowest BCUT2D eigenvalue weighted by Crippen LogP contribution is -2.44. The summed E-state index contributed by atoms with van der Waals surface area (Å²) in [6.45, 7) is 8.08. The smallest absolute Gasteiger partial charge is 0.191 e. The molecule has 0 amide bonds. The van der Waals surface area contributed by atoms with E-state index in [0.717, 1.165) is 62.9 Å². The summed E-state index contributed by atoms with van der Waals surface area (Å²) in [5, 5.41) is 15.6. The van der Waals surface area contributed by atoms with Gasteiger partial charge in [-0.2, -0.15) is 0 Å². The lowest BCUT2D eigenvalue weighted by Gasteiger charge is -2.21. The van der Waals surface area contributed by atoms with Crippen LogP contribution in [0.15, 0.2) is 59.7 Å². The van der Waals surface area contributed by atoms with Gasteiger partial charge in [0, 0.05) is 50.9 Å². The Balaban J connectivity index is 0.00000289. The maximum Gasteiger partial charge on any atom is 0.191 e. The minimum Gasteiger partial charge on any atom is -0.357 e. The summed E-state index contributed by atoms with van der Waals surface area (Å²) in [5.41, 5.74) is 2.27. The number of nitrogens with zero attached hydrogens (tertiary/aromatic N) is 5. The first-order chi connectivity index (χ1) is 15.2. The van der Waals surface area contributed by atoms with E-state index in [4.69, 9.17) is 4.99 Å². The number of likely N-dealkylation sites (tertiary alicyclic amines) is 1. The van der Waals surface area contributed by atoms with E-state index in [1.54, 1.807) is 0 Å². The molecule has 3 heterocycles. The van der Waals surface area contributed by atoms with Gasteiger partial charge in [-0.15, -0.1) is 34.2 Å². The van der Waals surface area contributed by atoms with Gasteiger partial charge in [0.15, 0.2) is 11.6 Å². The first-order valence-electron chi connectivity index (χ1n) is 11.3. The van der Waals surface area contributed by atoms with Crippen molar-refractivity contribution in [2.75, 3.05) is 19.6 Å². The Kier molecular flexibility index (Phi) is 9.28. The Morgan fingerprint density at radius 3 is 2.75 bits per heavy atom. The van der Waals surface area contributed by atoms with Crippen LogP contribution in [0.2, 0.25) is 0 Å². The molecule has 0 radical (unpaired) electrons. The number of hydrogen-bond acceptors (Lipinski definition) is 4. The van der Waals surface area contributed by atoms with Crippen molar-refractivity contribution in [3.05, 3.63) is 66.1 Å².